The molecule has 0 saturated carbocycles. The molecule has 1 atom stereocenters. The summed E-state index contributed by atoms with van der Waals surface area (Å²) in [6.45, 7) is 5.15. The van der Waals surface area contributed by atoms with Crippen LogP contribution in [0.25, 0.3) is 11.1 Å². The maximum Gasteiger partial charge on any atom is 0.259 e. The third kappa shape index (κ3) is 2.25. The summed E-state index contributed by atoms with van der Waals surface area (Å²) in [4.78, 5) is 34.3. The molecule has 26 heavy (non-hydrogen) atoms. The summed E-state index contributed by atoms with van der Waals surface area (Å²) in [5, 5.41) is 7.65. The molecule has 0 aromatic carbocycles. The van der Waals surface area contributed by atoms with Crippen LogP contribution in [0.4, 0.5) is 0 Å². The molecule has 2 aliphatic heterocycles. The molecule has 8 nitrogen and oxygen atoms in total. The van der Waals surface area contributed by atoms with Gasteiger partial charge in [0.15, 0.2) is 0 Å². The molecule has 8 heteroatoms. The first kappa shape index (κ1) is 15.7. The van der Waals surface area contributed by atoms with Crippen LogP contribution in [-0.4, -0.2) is 70.5 Å². The average Bonchev–Trinajstić information content (AvgIpc) is 3.26. The number of pyridine rings is 1. The Bertz CT molecular complexity index is 921. The van der Waals surface area contributed by atoms with Crippen LogP contribution in [-0.2, 0) is 17.6 Å². The molecule has 2 saturated heterocycles. The van der Waals surface area contributed by atoms with Crippen molar-refractivity contribution in [3.05, 3.63) is 22.5 Å². The zero-order valence-corrected chi connectivity index (χ0v) is 14.7. The molecule has 2 amide bonds. The number of carbonyl (C=O) groups excluding carboxylic acids is 2. The van der Waals surface area contributed by atoms with Crippen LogP contribution < -0.4 is 5.32 Å². The van der Waals surface area contributed by atoms with Gasteiger partial charge >= 0.3 is 0 Å². The van der Waals surface area contributed by atoms with Gasteiger partial charge in [0.1, 0.15) is 6.04 Å². The number of rotatable bonds is 1. The number of hydrogen-bond donors (Lipinski definition) is 1. The summed E-state index contributed by atoms with van der Waals surface area (Å²) >= 11 is 0. The quantitative estimate of drug-likeness (QED) is 0.790. The van der Waals surface area contributed by atoms with Gasteiger partial charge < -0.3 is 14.7 Å². The number of nitrogens with one attached hydrogen (secondary N) is 1. The van der Waals surface area contributed by atoms with E-state index in [0.29, 0.717) is 36.6 Å². The monoisotopic (exact) mass is 355 g/mol. The molecule has 2 aromatic heterocycles. The lowest BCUT2D eigenvalue weighted by atomic mass is 10.00. The maximum absolute atomic E-state index is 13.5. The SMILES string of the molecule is Cc1noc2nc3c(c(C(=O)N4CCN5CCNC(=O)C5C4)c12)CCC3. The first-order valence-corrected chi connectivity index (χ1v) is 9.22. The predicted octanol–water partition coefficient (Wildman–Crippen LogP) is 0.276. The topological polar surface area (TPSA) is 91.6 Å². The van der Waals surface area contributed by atoms with Crippen LogP contribution in [0.5, 0.6) is 0 Å². The predicted molar refractivity (Wildman–Crippen MR) is 92.8 cm³/mol. The second kappa shape index (κ2) is 5.77. The Labute approximate surface area is 150 Å². The van der Waals surface area contributed by atoms with E-state index < -0.39 is 0 Å². The molecule has 0 spiro atoms. The van der Waals surface area contributed by atoms with Crippen LogP contribution in [0.15, 0.2) is 4.52 Å². The number of fused-ring (bicyclic) bond motifs is 3. The van der Waals surface area contributed by atoms with Crippen molar-refractivity contribution >= 4 is 22.9 Å². The first-order chi connectivity index (χ1) is 12.6. The Morgan fingerprint density at radius 3 is 3.04 bits per heavy atom. The highest BCUT2D eigenvalue weighted by Gasteiger charge is 2.38. The van der Waals surface area contributed by atoms with E-state index in [2.05, 4.69) is 20.4 Å². The van der Waals surface area contributed by atoms with E-state index in [-0.39, 0.29) is 17.9 Å². The van der Waals surface area contributed by atoms with Crippen molar-refractivity contribution in [2.45, 2.75) is 32.2 Å². The van der Waals surface area contributed by atoms with E-state index in [1.54, 1.807) is 0 Å². The number of aromatic nitrogens is 2. The van der Waals surface area contributed by atoms with Gasteiger partial charge in [-0.1, -0.05) is 5.16 Å². The maximum atomic E-state index is 13.5. The van der Waals surface area contributed by atoms with Gasteiger partial charge in [-0.2, -0.15) is 0 Å². The lowest BCUT2D eigenvalue weighted by Gasteiger charge is -2.43. The summed E-state index contributed by atoms with van der Waals surface area (Å²) in [5.41, 5.74) is 3.81. The van der Waals surface area contributed by atoms with Crippen molar-refractivity contribution in [2.24, 2.45) is 0 Å². The zero-order valence-electron chi connectivity index (χ0n) is 14.7. The van der Waals surface area contributed by atoms with E-state index in [1.165, 1.54) is 0 Å². The normalized spacial score (nSPS) is 23.0. The minimum absolute atomic E-state index is 0.0139. The van der Waals surface area contributed by atoms with Crippen molar-refractivity contribution in [1.29, 1.82) is 0 Å². The third-order valence-corrected chi connectivity index (χ3v) is 5.81. The van der Waals surface area contributed by atoms with E-state index in [1.807, 2.05) is 11.8 Å². The number of nitrogens with zero attached hydrogens (tertiary/aromatic N) is 4. The highest BCUT2D eigenvalue weighted by molar-refractivity contribution is 6.08. The Hall–Kier alpha value is -2.48. The molecule has 3 aliphatic rings. The van der Waals surface area contributed by atoms with Crippen molar-refractivity contribution in [3.8, 4) is 0 Å². The van der Waals surface area contributed by atoms with E-state index in [0.717, 1.165) is 49.0 Å². The Balaban J connectivity index is 1.55. The largest absolute Gasteiger partial charge is 0.353 e. The highest BCUT2D eigenvalue weighted by Crippen LogP contribution is 2.33. The van der Waals surface area contributed by atoms with Crippen molar-refractivity contribution in [1.82, 2.24) is 25.3 Å². The lowest BCUT2D eigenvalue weighted by molar-refractivity contribution is -0.131. The van der Waals surface area contributed by atoms with Crippen molar-refractivity contribution in [3.63, 3.8) is 0 Å². The van der Waals surface area contributed by atoms with Crippen LogP contribution >= 0.6 is 0 Å². The minimum atomic E-state index is -0.254. The first-order valence-electron chi connectivity index (χ1n) is 9.22. The molecular weight excluding hydrogens is 334 g/mol. The summed E-state index contributed by atoms with van der Waals surface area (Å²) in [5.74, 6) is -0.0140. The fourth-order valence-corrected chi connectivity index (χ4v) is 4.47. The summed E-state index contributed by atoms with van der Waals surface area (Å²) in [6, 6.07) is -0.254. The number of aryl methyl sites for hydroxylation is 2. The van der Waals surface area contributed by atoms with E-state index in [4.69, 9.17) is 4.52 Å². The Morgan fingerprint density at radius 2 is 2.15 bits per heavy atom. The summed E-state index contributed by atoms with van der Waals surface area (Å²) in [7, 11) is 0. The molecule has 4 heterocycles. The number of hydrogen-bond acceptors (Lipinski definition) is 6. The number of piperazine rings is 2. The fraction of sp³-hybridized carbons (Fsp3) is 0.556. The van der Waals surface area contributed by atoms with Crippen molar-refractivity contribution < 1.29 is 14.1 Å². The van der Waals surface area contributed by atoms with Crippen LogP contribution in [0.1, 0.15) is 33.7 Å². The molecular formula is C18H21N5O3. The average molecular weight is 355 g/mol. The molecule has 1 aliphatic carbocycles. The van der Waals surface area contributed by atoms with Gasteiger partial charge in [0, 0.05) is 38.4 Å². The minimum Gasteiger partial charge on any atom is -0.353 e. The van der Waals surface area contributed by atoms with Gasteiger partial charge in [0.05, 0.1) is 16.6 Å². The molecule has 0 radical (unpaired) electrons. The van der Waals surface area contributed by atoms with E-state index in [9.17, 15) is 9.59 Å². The zero-order chi connectivity index (χ0) is 17.8. The fourth-order valence-electron chi connectivity index (χ4n) is 4.47. The van der Waals surface area contributed by atoms with Gasteiger partial charge in [0.2, 0.25) is 5.91 Å². The second-order valence-electron chi connectivity index (χ2n) is 7.31. The molecule has 2 aromatic rings. The smallest absolute Gasteiger partial charge is 0.259 e. The lowest BCUT2D eigenvalue weighted by Crippen LogP contribution is -2.64. The molecule has 0 bridgehead atoms. The van der Waals surface area contributed by atoms with Gasteiger partial charge in [-0.3, -0.25) is 14.5 Å². The second-order valence-corrected chi connectivity index (χ2v) is 7.31. The van der Waals surface area contributed by atoms with Crippen LogP contribution in [0, 0.1) is 6.92 Å². The third-order valence-electron chi connectivity index (χ3n) is 5.81. The Kier molecular flexibility index (Phi) is 3.49. The summed E-state index contributed by atoms with van der Waals surface area (Å²) in [6.07, 6.45) is 2.72. The van der Waals surface area contributed by atoms with E-state index >= 15 is 0 Å². The molecule has 2 fully saturated rings. The van der Waals surface area contributed by atoms with Gasteiger partial charge in [-0.05, 0) is 31.7 Å². The molecule has 1 N–H and O–H groups in total. The van der Waals surface area contributed by atoms with Gasteiger partial charge in [-0.25, -0.2) is 4.98 Å². The summed E-state index contributed by atoms with van der Waals surface area (Å²) < 4.78 is 5.35. The van der Waals surface area contributed by atoms with Crippen molar-refractivity contribution in [2.75, 3.05) is 32.7 Å². The Morgan fingerprint density at radius 1 is 1.27 bits per heavy atom. The molecule has 5 rings (SSSR count). The van der Waals surface area contributed by atoms with Gasteiger partial charge in [0.25, 0.3) is 11.6 Å². The molecule has 136 valence electrons. The number of amides is 2. The van der Waals surface area contributed by atoms with Gasteiger partial charge in [-0.15, -0.1) is 0 Å². The number of carbonyl (C=O) groups is 2. The standard InChI is InChI=1S/C18H21N5O3/c1-10-14-15(11-3-2-4-12(11)20-17(14)26-21-10)18(25)23-8-7-22-6-5-19-16(24)13(22)9-23/h13H,2-9H2,1H3,(H,19,24). The highest BCUT2D eigenvalue weighted by atomic mass is 16.5. The van der Waals surface area contributed by atoms with Crippen LogP contribution in [0.3, 0.4) is 0 Å². The molecule has 1 unspecified atom stereocenters. The van der Waals surface area contributed by atoms with Crippen LogP contribution in [0.2, 0.25) is 0 Å².